The largest absolute Gasteiger partial charge is 0.321 e. The minimum Gasteiger partial charge on any atom is -0.321 e. The standard InChI is InChI=1S/C17H22N2OS/c1-6-12-7-9-13(10-8-12)19(5)16-18-15(17(2,3)4)14(11-20)21-16/h7-11H,6H2,1-5H3. The Morgan fingerprint density at radius 3 is 2.29 bits per heavy atom. The Bertz CT molecular complexity index is 623. The lowest BCUT2D eigenvalue weighted by atomic mass is 9.91. The zero-order valence-corrected chi connectivity index (χ0v) is 14.1. The van der Waals surface area contributed by atoms with Crippen LogP contribution in [0.25, 0.3) is 0 Å². The van der Waals surface area contributed by atoms with E-state index in [1.807, 2.05) is 11.9 Å². The van der Waals surface area contributed by atoms with Gasteiger partial charge in [0.2, 0.25) is 0 Å². The van der Waals surface area contributed by atoms with Crippen LogP contribution < -0.4 is 4.90 Å². The lowest BCUT2D eigenvalue weighted by Crippen LogP contribution is -2.15. The number of aromatic nitrogens is 1. The van der Waals surface area contributed by atoms with Crippen molar-refractivity contribution in [3.63, 3.8) is 0 Å². The van der Waals surface area contributed by atoms with Crippen LogP contribution in [0, 0.1) is 0 Å². The lowest BCUT2D eigenvalue weighted by Gasteiger charge is -2.18. The molecule has 0 aliphatic heterocycles. The summed E-state index contributed by atoms with van der Waals surface area (Å²) in [5, 5.41) is 0.853. The maximum absolute atomic E-state index is 11.3. The monoisotopic (exact) mass is 302 g/mol. The second kappa shape index (κ2) is 5.98. The fourth-order valence-electron chi connectivity index (χ4n) is 2.15. The maximum Gasteiger partial charge on any atom is 0.190 e. The van der Waals surface area contributed by atoms with Crippen LogP contribution >= 0.6 is 11.3 Å². The first-order chi connectivity index (χ1) is 9.86. The Morgan fingerprint density at radius 1 is 1.24 bits per heavy atom. The minimum atomic E-state index is -0.127. The first kappa shape index (κ1) is 15.7. The smallest absolute Gasteiger partial charge is 0.190 e. The third kappa shape index (κ3) is 3.32. The highest BCUT2D eigenvalue weighted by Crippen LogP contribution is 2.35. The van der Waals surface area contributed by atoms with E-state index < -0.39 is 0 Å². The van der Waals surface area contributed by atoms with Crippen LogP contribution in [0.2, 0.25) is 0 Å². The Labute approximate surface area is 130 Å². The highest BCUT2D eigenvalue weighted by molar-refractivity contribution is 7.17. The van der Waals surface area contributed by atoms with Crippen molar-refractivity contribution in [2.75, 3.05) is 11.9 Å². The van der Waals surface area contributed by atoms with E-state index in [2.05, 4.69) is 56.9 Å². The molecule has 1 heterocycles. The Balaban J connectivity index is 2.36. The van der Waals surface area contributed by atoms with Crippen molar-refractivity contribution in [3.05, 3.63) is 40.4 Å². The van der Waals surface area contributed by atoms with Crippen molar-refractivity contribution >= 4 is 28.4 Å². The van der Waals surface area contributed by atoms with Gasteiger partial charge in [-0.1, -0.05) is 51.2 Å². The van der Waals surface area contributed by atoms with Crippen LogP contribution in [0.15, 0.2) is 24.3 Å². The van der Waals surface area contributed by atoms with Gasteiger partial charge in [-0.3, -0.25) is 4.79 Å². The predicted octanol–water partition coefficient (Wildman–Crippen LogP) is 4.58. The molecule has 21 heavy (non-hydrogen) atoms. The van der Waals surface area contributed by atoms with E-state index in [-0.39, 0.29) is 5.41 Å². The molecule has 0 aliphatic carbocycles. The second-order valence-corrected chi connectivity index (χ2v) is 7.17. The lowest BCUT2D eigenvalue weighted by molar-refractivity contribution is 0.112. The molecule has 112 valence electrons. The molecule has 0 unspecified atom stereocenters. The quantitative estimate of drug-likeness (QED) is 0.775. The summed E-state index contributed by atoms with van der Waals surface area (Å²) in [7, 11) is 1.99. The maximum atomic E-state index is 11.3. The fourth-order valence-corrected chi connectivity index (χ4v) is 3.22. The number of carbonyl (C=O) groups is 1. The van der Waals surface area contributed by atoms with E-state index in [1.165, 1.54) is 16.9 Å². The predicted molar refractivity (Wildman–Crippen MR) is 90.1 cm³/mol. The number of thiazole rings is 1. The molecule has 0 radical (unpaired) electrons. The van der Waals surface area contributed by atoms with Gasteiger partial charge in [0, 0.05) is 18.2 Å². The molecule has 0 spiro atoms. The Hall–Kier alpha value is -1.68. The molecular formula is C17H22N2OS. The van der Waals surface area contributed by atoms with Gasteiger partial charge in [0.05, 0.1) is 10.6 Å². The third-order valence-corrected chi connectivity index (χ3v) is 4.54. The molecule has 0 saturated heterocycles. The van der Waals surface area contributed by atoms with E-state index in [4.69, 9.17) is 0 Å². The fraction of sp³-hybridized carbons (Fsp3) is 0.412. The molecule has 4 heteroatoms. The summed E-state index contributed by atoms with van der Waals surface area (Å²) in [5.74, 6) is 0. The summed E-state index contributed by atoms with van der Waals surface area (Å²) < 4.78 is 0. The van der Waals surface area contributed by atoms with E-state index in [0.717, 1.165) is 34.1 Å². The molecular weight excluding hydrogens is 280 g/mol. The van der Waals surface area contributed by atoms with Crippen LogP contribution in [-0.4, -0.2) is 18.3 Å². The Morgan fingerprint density at radius 2 is 1.86 bits per heavy atom. The van der Waals surface area contributed by atoms with E-state index in [1.54, 1.807) is 0 Å². The molecule has 1 aromatic heterocycles. The molecule has 0 N–H and O–H groups in total. The first-order valence-electron chi connectivity index (χ1n) is 7.16. The van der Waals surface area contributed by atoms with Gasteiger partial charge in [-0.05, 0) is 24.1 Å². The number of nitrogens with zero attached hydrogens (tertiary/aromatic N) is 2. The average molecular weight is 302 g/mol. The van der Waals surface area contributed by atoms with Gasteiger partial charge in [-0.25, -0.2) is 4.98 Å². The molecule has 2 aromatic rings. The highest BCUT2D eigenvalue weighted by atomic mass is 32.1. The van der Waals surface area contributed by atoms with Gasteiger partial charge < -0.3 is 4.90 Å². The van der Waals surface area contributed by atoms with E-state index in [0.29, 0.717) is 0 Å². The summed E-state index contributed by atoms with van der Waals surface area (Å²) in [6, 6.07) is 8.45. The second-order valence-electron chi connectivity index (χ2n) is 6.16. The SMILES string of the molecule is CCc1ccc(N(C)c2nc(C(C)(C)C)c(C=O)s2)cc1. The van der Waals surface area contributed by atoms with Gasteiger partial charge in [0.15, 0.2) is 11.4 Å². The number of hydrogen-bond donors (Lipinski definition) is 0. The topological polar surface area (TPSA) is 33.2 Å². The third-order valence-electron chi connectivity index (χ3n) is 3.48. The van der Waals surface area contributed by atoms with Crippen molar-refractivity contribution in [2.24, 2.45) is 0 Å². The zero-order chi connectivity index (χ0) is 15.6. The molecule has 0 bridgehead atoms. The summed E-state index contributed by atoms with van der Waals surface area (Å²) in [4.78, 5) is 18.7. The molecule has 2 rings (SSSR count). The van der Waals surface area contributed by atoms with Gasteiger partial charge in [0.25, 0.3) is 0 Å². The van der Waals surface area contributed by atoms with Crippen LogP contribution in [0.3, 0.4) is 0 Å². The van der Waals surface area contributed by atoms with Gasteiger partial charge in [-0.15, -0.1) is 0 Å². The van der Waals surface area contributed by atoms with Crippen molar-refractivity contribution < 1.29 is 4.79 Å². The van der Waals surface area contributed by atoms with Crippen molar-refractivity contribution in [1.82, 2.24) is 4.98 Å². The summed E-state index contributed by atoms with van der Waals surface area (Å²) in [6.45, 7) is 8.38. The van der Waals surface area contributed by atoms with Crippen LogP contribution in [0.4, 0.5) is 10.8 Å². The summed E-state index contributed by atoms with van der Waals surface area (Å²) in [6.07, 6.45) is 1.94. The van der Waals surface area contributed by atoms with Crippen molar-refractivity contribution in [1.29, 1.82) is 0 Å². The number of carbonyl (C=O) groups excluding carboxylic acids is 1. The summed E-state index contributed by atoms with van der Waals surface area (Å²) in [5.41, 5.74) is 3.14. The molecule has 1 aromatic carbocycles. The highest BCUT2D eigenvalue weighted by Gasteiger charge is 2.24. The van der Waals surface area contributed by atoms with E-state index in [9.17, 15) is 4.79 Å². The van der Waals surface area contributed by atoms with Crippen LogP contribution in [0.1, 0.15) is 48.6 Å². The number of hydrogen-bond acceptors (Lipinski definition) is 4. The minimum absolute atomic E-state index is 0.127. The van der Waals surface area contributed by atoms with Crippen LogP contribution in [0.5, 0.6) is 0 Å². The number of rotatable bonds is 4. The zero-order valence-electron chi connectivity index (χ0n) is 13.3. The van der Waals surface area contributed by atoms with Gasteiger partial charge in [-0.2, -0.15) is 0 Å². The number of benzene rings is 1. The van der Waals surface area contributed by atoms with E-state index >= 15 is 0 Å². The normalized spacial score (nSPS) is 11.5. The van der Waals surface area contributed by atoms with Gasteiger partial charge >= 0.3 is 0 Å². The molecule has 0 saturated carbocycles. The molecule has 0 amide bonds. The Kier molecular flexibility index (Phi) is 4.47. The number of aldehydes is 1. The molecule has 3 nitrogen and oxygen atoms in total. The van der Waals surface area contributed by atoms with Crippen LogP contribution in [-0.2, 0) is 11.8 Å². The average Bonchev–Trinajstić information content (AvgIpc) is 2.91. The molecule has 0 fully saturated rings. The molecule has 0 atom stereocenters. The molecule has 0 aliphatic rings. The number of aryl methyl sites for hydroxylation is 1. The number of anilines is 2. The summed E-state index contributed by atoms with van der Waals surface area (Å²) >= 11 is 1.45. The van der Waals surface area contributed by atoms with Crippen molar-refractivity contribution in [3.8, 4) is 0 Å². The van der Waals surface area contributed by atoms with Crippen molar-refractivity contribution in [2.45, 2.75) is 39.5 Å². The first-order valence-corrected chi connectivity index (χ1v) is 7.97. The van der Waals surface area contributed by atoms with Gasteiger partial charge in [0.1, 0.15) is 0 Å².